The third-order valence-corrected chi connectivity index (χ3v) is 4.24. The minimum absolute atomic E-state index is 0.00460. The van der Waals surface area contributed by atoms with Crippen molar-refractivity contribution in [2.75, 3.05) is 13.2 Å². The van der Waals surface area contributed by atoms with Crippen LogP contribution in [0, 0.1) is 20.8 Å². The molecule has 7 heteroatoms. The number of carbonyl (C=O) groups excluding carboxylic acids is 1. The number of aliphatic hydroxyl groups is 1. The molecular weight excluding hydrogens is 344 g/mol. The van der Waals surface area contributed by atoms with Crippen molar-refractivity contribution in [3.05, 3.63) is 62.0 Å². The summed E-state index contributed by atoms with van der Waals surface area (Å²) < 4.78 is 5.47. The van der Waals surface area contributed by atoms with Gasteiger partial charge in [-0.2, -0.15) is 0 Å². The largest absolute Gasteiger partial charge is 0.491 e. The van der Waals surface area contributed by atoms with Crippen LogP contribution in [0.4, 0.5) is 0 Å². The Kier molecular flexibility index (Phi) is 6.22. The Morgan fingerprint density at radius 3 is 2.68 bits per heavy atom. The van der Waals surface area contributed by atoms with E-state index in [9.17, 15) is 14.7 Å². The molecule has 0 aliphatic rings. The van der Waals surface area contributed by atoms with Crippen LogP contribution < -0.4 is 15.6 Å². The molecule has 0 aliphatic heterocycles. The Labute approximate surface area is 150 Å². The monoisotopic (exact) mass is 364 g/mol. The van der Waals surface area contributed by atoms with E-state index in [4.69, 9.17) is 16.3 Å². The molecular formula is C18H21ClN2O4. The first-order chi connectivity index (χ1) is 11.8. The number of ether oxygens (including phenoxy) is 1. The van der Waals surface area contributed by atoms with Gasteiger partial charge in [0.1, 0.15) is 24.0 Å². The summed E-state index contributed by atoms with van der Waals surface area (Å²) in [6.45, 7) is 5.40. The number of carbonyl (C=O) groups is 1. The minimum atomic E-state index is -0.912. The van der Waals surface area contributed by atoms with E-state index in [1.54, 1.807) is 32.0 Å². The maximum absolute atomic E-state index is 12.1. The Morgan fingerprint density at radius 1 is 1.28 bits per heavy atom. The molecule has 2 rings (SSSR count). The number of benzene rings is 1. The van der Waals surface area contributed by atoms with Crippen molar-refractivity contribution in [1.29, 1.82) is 0 Å². The summed E-state index contributed by atoms with van der Waals surface area (Å²) in [5.41, 5.74) is 1.96. The number of aryl methyl sites for hydroxylation is 3. The van der Waals surface area contributed by atoms with E-state index in [1.807, 2.05) is 6.92 Å². The number of aromatic amines is 1. The Balaban J connectivity index is 1.88. The molecule has 1 amide bonds. The van der Waals surface area contributed by atoms with Gasteiger partial charge in [-0.1, -0.05) is 11.6 Å². The van der Waals surface area contributed by atoms with E-state index in [2.05, 4.69) is 10.3 Å². The molecule has 1 atom stereocenters. The summed E-state index contributed by atoms with van der Waals surface area (Å²) in [6.07, 6.45) is -0.912. The molecule has 0 unspecified atom stereocenters. The second kappa shape index (κ2) is 8.18. The molecule has 1 heterocycles. The van der Waals surface area contributed by atoms with Crippen LogP contribution in [0.1, 0.15) is 27.2 Å². The molecule has 1 aromatic heterocycles. The molecule has 1 aromatic carbocycles. The lowest BCUT2D eigenvalue weighted by atomic mass is 10.1. The second-order valence-electron chi connectivity index (χ2n) is 5.91. The molecule has 6 nitrogen and oxygen atoms in total. The van der Waals surface area contributed by atoms with Gasteiger partial charge in [0, 0.05) is 17.3 Å². The quantitative estimate of drug-likeness (QED) is 0.732. The van der Waals surface area contributed by atoms with Gasteiger partial charge in [-0.25, -0.2) is 0 Å². The van der Waals surface area contributed by atoms with Crippen LogP contribution in [-0.4, -0.2) is 35.3 Å². The molecule has 0 saturated heterocycles. The first-order valence-electron chi connectivity index (χ1n) is 7.83. The summed E-state index contributed by atoms with van der Waals surface area (Å²) in [5, 5.41) is 13.1. The van der Waals surface area contributed by atoms with Gasteiger partial charge in [-0.05, 0) is 56.2 Å². The molecule has 0 saturated carbocycles. The van der Waals surface area contributed by atoms with Crippen LogP contribution in [0.3, 0.4) is 0 Å². The second-order valence-corrected chi connectivity index (χ2v) is 6.31. The lowest BCUT2D eigenvalue weighted by Crippen LogP contribution is -2.37. The van der Waals surface area contributed by atoms with E-state index in [0.29, 0.717) is 16.5 Å². The normalized spacial score (nSPS) is 11.9. The fourth-order valence-corrected chi connectivity index (χ4v) is 2.28. The third kappa shape index (κ3) is 5.08. The molecule has 0 radical (unpaired) electrons. The van der Waals surface area contributed by atoms with Crippen LogP contribution in [0.2, 0.25) is 5.02 Å². The number of hydrogen-bond acceptors (Lipinski definition) is 4. The first-order valence-corrected chi connectivity index (χ1v) is 8.21. The van der Waals surface area contributed by atoms with Crippen molar-refractivity contribution in [3.63, 3.8) is 0 Å². The lowest BCUT2D eigenvalue weighted by Gasteiger charge is -2.14. The lowest BCUT2D eigenvalue weighted by molar-refractivity contribution is 0.0842. The zero-order chi connectivity index (χ0) is 18.6. The molecule has 0 aliphatic carbocycles. The van der Waals surface area contributed by atoms with Crippen LogP contribution in [0.15, 0.2) is 29.1 Å². The van der Waals surface area contributed by atoms with Crippen molar-refractivity contribution >= 4 is 17.5 Å². The number of halogens is 1. The topological polar surface area (TPSA) is 91.4 Å². The number of amides is 1. The predicted octanol–water partition coefficient (Wildman–Crippen LogP) is 2.12. The third-order valence-electron chi connectivity index (χ3n) is 3.81. The van der Waals surface area contributed by atoms with Crippen molar-refractivity contribution < 1.29 is 14.6 Å². The van der Waals surface area contributed by atoms with E-state index < -0.39 is 17.6 Å². The molecule has 0 fully saturated rings. The van der Waals surface area contributed by atoms with E-state index in [0.717, 1.165) is 11.1 Å². The number of aliphatic hydroxyl groups excluding tert-OH is 1. The maximum atomic E-state index is 12.1. The number of rotatable bonds is 6. The number of hydrogen-bond donors (Lipinski definition) is 3. The van der Waals surface area contributed by atoms with Crippen LogP contribution >= 0.6 is 11.6 Å². The molecule has 25 heavy (non-hydrogen) atoms. The molecule has 0 spiro atoms. The standard InChI is InChI=1S/C18H21ClN2O4/c1-10-7-15(18(24)21-12(10)3)17(23)20-8-13(22)9-25-14-4-5-16(19)11(2)6-14/h4-7,13,22H,8-9H2,1-3H3,(H,20,23)(H,21,24)/t13-/m0/s1. The average molecular weight is 365 g/mol. The van der Waals surface area contributed by atoms with Crippen LogP contribution in [0.5, 0.6) is 5.75 Å². The number of nitrogens with one attached hydrogen (secondary N) is 2. The number of aromatic nitrogens is 1. The van der Waals surface area contributed by atoms with Gasteiger partial charge < -0.3 is 20.1 Å². The molecule has 3 N–H and O–H groups in total. The maximum Gasteiger partial charge on any atom is 0.261 e. The highest BCUT2D eigenvalue weighted by molar-refractivity contribution is 6.31. The molecule has 134 valence electrons. The van der Waals surface area contributed by atoms with Gasteiger partial charge >= 0.3 is 0 Å². The van der Waals surface area contributed by atoms with Gasteiger partial charge in [0.15, 0.2) is 0 Å². The van der Waals surface area contributed by atoms with Gasteiger partial charge in [0.2, 0.25) is 0 Å². The van der Waals surface area contributed by atoms with Crippen LogP contribution in [-0.2, 0) is 0 Å². The van der Waals surface area contributed by atoms with Gasteiger partial charge in [0.05, 0.1) is 0 Å². The van der Waals surface area contributed by atoms with Crippen molar-refractivity contribution in [2.45, 2.75) is 26.9 Å². The van der Waals surface area contributed by atoms with E-state index >= 15 is 0 Å². The fraction of sp³-hybridized carbons (Fsp3) is 0.333. The average Bonchev–Trinajstić information content (AvgIpc) is 2.57. The summed E-state index contributed by atoms with van der Waals surface area (Å²) in [7, 11) is 0. The summed E-state index contributed by atoms with van der Waals surface area (Å²) in [5.74, 6) is 0.0450. The number of pyridine rings is 1. The van der Waals surface area contributed by atoms with Crippen molar-refractivity contribution in [1.82, 2.24) is 10.3 Å². The van der Waals surface area contributed by atoms with Gasteiger partial charge in [0.25, 0.3) is 11.5 Å². The fourth-order valence-electron chi connectivity index (χ4n) is 2.16. The highest BCUT2D eigenvalue weighted by Gasteiger charge is 2.14. The zero-order valence-corrected chi connectivity index (χ0v) is 15.1. The predicted molar refractivity (Wildman–Crippen MR) is 96.6 cm³/mol. The zero-order valence-electron chi connectivity index (χ0n) is 14.4. The SMILES string of the molecule is Cc1cc(OC[C@@H](O)CNC(=O)c2cc(C)c(C)[nH]c2=O)ccc1Cl. The molecule has 0 bridgehead atoms. The van der Waals surface area contributed by atoms with E-state index in [-0.39, 0.29) is 18.7 Å². The van der Waals surface area contributed by atoms with E-state index in [1.165, 1.54) is 6.07 Å². The number of H-pyrrole nitrogens is 1. The van der Waals surface area contributed by atoms with Crippen molar-refractivity contribution in [3.8, 4) is 5.75 Å². The Morgan fingerprint density at radius 2 is 2.00 bits per heavy atom. The minimum Gasteiger partial charge on any atom is -0.491 e. The summed E-state index contributed by atoms with van der Waals surface area (Å²) >= 11 is 5.94. The Bertz CT molecular complexity index is 832. The smallest absolute Gasteiger partial charge is 0.261 e. The van der Waals surface area contributed by atoms with Crippen molar-refractivity contribution in [2.24, 2.45) is 0 Å². The highest BCUT2D eigenvalue weighted by atomic mass is 35.5. The first kappa shape index (κ1) is 19.0. The van der Waals surface area contributed by atoms with Crippen LogP contribution in [0.25, 0.3) is 0 Å². The highest BCUT2D eigenvalue weighted by Crippen LogP contribution is 2.21. The molecule has 2 aromatic rings. The Hall–Kier alpha value is -2.31. The summed E-state index contributed by atoms with van der Waals surface area (Å²) in [6, 6.07) is 6.72. The van der Waals surface area contributed by atoms with Gasteiger partial charge in [-0.15, -0.1) is 0 Å². The summed E-state index contributed by atoms with van der Waals surface area (Å²) in [4.78, 5) is 26.5. The van der Waals surface area contributed by atoms with Gasteiger partial charge in [-0.3, -0.25) is 9.59 Å².